The Morgan fingerprint density at radius 1 is 0.655 bits per heavy atom. The summed E-state index contributed by atoms with van der Waals surface area (Å²) < 4.78 is 48.0. The first-order valence-electron chi connectivity index (χ1n) is 13.9. The molecule has 0 spiro atoms. The molecule has 0 amide bonds. The van der Waals surface area contributed by atoms with E-state index < -0.39 is 96.9 Å². The maximum absolute atomic E-state index is 11.7. The molecule has 0 aliphatic carbocycles. The molecule has 4 aromatic rings. The zero-order chi connectivity index (χ0) is 39.8. The van der Waals surface area contributed by atoms with Crippen LogP contribution in [0, 0.1) is 0 Å². The summed E-state index contributed by atoms with van der Waals surface area (Å²) in [6.45, 7) is -0.894. The molecule has 12 N–H and O–H groups in total. The van der Waals surface area contributed by atoms with Gasteiger partial charge in [-0.05, 0) is 0 Å². The van der Waals surface area contributed by atoms with E-state index in [2.05, 4.69) is 38.5 Å². The maximum atomic E-state index is 11.7. The van der Waals surface area contributed by atoms with Crippen molar-refractivity contribution in [3.63, 3.8) is 0 Å². The van der Waals surface area contributed by atoms with E-state index in [4.69, 9.17) is 31.2 Å². The number of hydrogen-bond donors (Lipinski definition) is 10. The van der Waals surface area contributed by atoms with E-state index in [0.717, 1.165) is 0 Å². The number of nitrogens with one attached hydrogen (secondary N) is 2. The van der Waals surface area contributed by atoms with Gasteiger partial charge in [-0.2, -0.15) is 9.97 Å². The van der Waals surface area contributed by atoms with E-state index in [1.54, 1.807) is 0 Å². The Balaban J connectivity index is 0. The molecule has 2 saturated heterocycles. The van der Waals surface area contributed by atoms with Gasteiger partial charge in [-0.1, -0.05) is 0 Å². The van der Waals surface area contributed by atoms with Crippen molar-refractivity contribution in [2.24, 2.45) is 0 Å². The molecule has 6 heterocycles. The quantitative estimate of drug-likeness (QED) is 0.0579. The van der Waals surface area contributed by atoms with Crippen LogP contribution in [0.25, 0.3) is 22.3 Å². The van der Waals surface area contributed by atoms with Crippen LogP contribution in [0.2, 0.25) is 0 Å². The van der Waals surface area contributed by atoms with Crippen LogP contribution in [-0.2, 0) is 31.8 Å². The minimum absolute atomic E-state index is 0. The van der Waals surface area contributed by atoms with Gasteiger partial charge in [-0.3, -0.25) is 41.9 Å². The molecular weight excluding hydrogens is 908 g/mol. The molecule has 38 heteroatoms. The average Bonchev–Trinajstić information content (AvgIpc) is 3.76. The molecule has 0 bridgehead atoms. The number of nitrogens with zero attached hydrogens (tertiary/aromatic N) is 6. The van der Waals surface area contributed by atoms with Gasteiger partial charge in [-0.15, -0.1) is 0 Å². The number of aliphatic hydroxyl groups excluding tert-OH is 6. The van der Waals surface area contributed by atoms with Gasteiger partial charge in [0.25, 0.3) is 18.9 Å². The Morgan fingerprint density at radius 2 is 0.966 bits per heavy atom. The predicted molar refractivity (Wildman–Crippen MR) is 156 cm³/mol. The number of H-pyrrole nitrogens is 2. The summed E-state index contributed by atoms with van der Waals surface area (Å²) in [6, 6.07) is 0. The van der Waals surface area contributed by atoms with E-state index in [0.29, 0.717) is 0 Å². The van der Waals surface area contributed by atoms with Crippen LogP contribution in [-0.4, -0.2) is 120 Å². The molecule has 30 nitrogen and oxygen atoms in total. The minimum atomic E-state index is -5.97. The van der Waals surface area contributed by atoms with Gasteiger partial charge in [0, 0.05) is 0 Å². The molecule has 0 aromatic carbocycles. The first kappa shape index (κ1) is 61.5. The molecule has 6 rings (SSSR count). The number of nitrogen functional groups attached to an aromatic ring is 2. The van der Waals surface area contributed by atoms with Crippen molar-refractivity contribution in [3.8, 4) is 0 Å². The normalized spacial score (nSPS) is 24.1. The first-order chi connectivity index (χ1) is 24.5. The van der Waals surface area contributed by atoms with Crippen LogP contribution in [0.1, 0.15) is 12.5 Å². The molecule has 2 aliphatic heterocycles. The van der Waals surface area contributed by atoms with Crippen molar-refractivity contribution < 1.29 is 235 Å². The molecule has 2 fully saturated rings. The molecule has 2 aliphatic rings. The van der Waals surface area contributed by atoms with Gasteiger partial charge >= 0.3 is 148 Å². The summed E-state index contributed by atoms with van der Waals surface area (Å²) in [5.41, 5.74) is 10.2. The van der Waals surface area contributed by atoms with Crippen LogP contribution >= 0.6 is 23.5 Å². The number of aliphatic hydroxyl groups is 6. The maximum Gasteiger partial charge on any atom is 1.00 e. The second kappa shape index (κ2) is 25.2. The van der Waals surface area contributed by atoms with Crippen LogP contribution in [0.5, 0.6) is 0 Å². The Labute approximate surface area is 433 Å². The number of ether oxygens (including phenoxy) is 2. The number of rotatable bonds is 8. The molecule has 8 atom stereocenters. The molecule has 4 aromatic heterocycles. The number of aromatic nitrogens is 8. The van der Waals surface area contributed by atoms with Gasteiger partial charge in [-0.25, -0.2) is 9.97 Å². The van der Waals surface area contributed by atoms with Gasteiger partial charge in [0.05, 0.1) is 41.5 Å². The fourth-order valence-corrected chi connectivity index (χ4v) is 7.09. The van der Waals surface area contributed by atoms with Crippen molar-refractivity contribution in [3.05, 3.63) is 33.4 Å². The number of anilines is 2. The standard InChI is InChI=1S/2C10H13N5O5.5Na.H5O10P3/c2*11-10-13-7-4(8(19)14-10)12-2-15(7)9-6(18)5(17)3(1-16)20-9;;;;;;1-11(2,3)9-13(7,8)10-12(4,5)6/h2*2-3,5-6,9,16-18H,1H2,(H3,11,13,14,19);;;;;;(H,7,8)(H2,1,2,3)(H2,4,5,6)/q;;5*+1;/p-5/t2*3-,5-,6-,9-;;;;;;/m11....../s1. The summed E-state index contributed by atoms with van der Waals surface area (Å²) in [6.07, 6.45) is -6.43. The zero-order valence-electron chi connectivity index (χ0n) is 30.8. The first-order valence-corrected chi connectivity index (χ1v) is 18.3. The number of fused-ring (bicyclic) bond motifs is 2. The van der Waals surface area contributed by atoms with E-state index >= 15 is 0 Å². The van der Waals surface area contributed by atoms with E-state index in [1.165, 1.54) is 21.8 Å². The third-order valence-electron chi connectivity index (χ3n) is 6.88. The monoisotopic (exact) mass is 934 g/mol. The average molecular weight is 934 g/mol. The number of hydrogen-bond acceptors (Lipinski definition) is 26. The molecule has 58 heavy (non-hydrogen) atoms. The number of imidazole rings is 2. The van der Waals surface area contributed by atoms with E-state index in [9.17, 15) is 68.2 Å². The fraction of sp³-hybridized carbons (Fsp3) is 0.500. The molecule has 0 saturated carbocycles. The van der Waals surface area contributed by atoms with Gasteiger partial charge in [0.2, 0.25) is 11.9 Å². The Bertz CT molecular complexity index is 2060. The van der Waals surface area contributed by atoms with Gasteiger partial charge in [0.15, 0.2) is 34.8 Å². The third kappa shape index (κ3) is 15.8. The van der Waals surface area contributed by atoms with Crippen LogP contribution in [0.3, 0.4) is 0 Å². The molecule has 0 unspecified atom stereocenters. The Kier molecular flexibility index (Phi) is 26.7. The van der Waals surface area contributed by atoms with Crippen LogP contribution < -0.4 is 195 Å². The van der Waals surface area contributed by atoms with Crippen LogP contribution in [0.15, 0.2) is 22.2 Å². The second-order valence-electron chi connectivity index (χ2n) is 10.5. The summed E-state index contributed by atoms with van der Waals surface area (Å²) in [4.78, 5) is 92.2. The van der Waals surface area contributed by atoms with Gasteiger partial charge < -0.3 is 85.2 Å². The minimum Gasteiger partial charge on any atom is -0.790 e. The molecule has 0 radical (unpaired) electrons. The van der Waals surface area contributed by atoms with Crippen molar-refractivity contribution >= 4 is 57.7 Å². The molecule has 296 valence electrons. The largest absolute Gasteiger partial charge is 1.00 e. The summed E-state index contributed by atoms with van der Waals surface area (Å²) >= 11 is 0. The predicted octanol–water partition coefficient (Wildman–Crippen LogP) is -24.2. The van der Waals surface area contributed by atoms with Crippen molar-refractivity contribution in [2.75, 3.05) is 24.7 Å². The number of aromatic amines is 2. The SMILES string of the molecule is Nc1nc2c(ncn2[C@@H]2O[C@H](CO)[C@@H](O)[C@H]2O)c(=O)[nH]1.Nc1nc2c(ncn2[C@@H]2O[C@H](CO)[C@@H](O)[C@H]2O)c(=O)[nH]1.O=P([O-])([O-])OP(=O)([O-])OP(=O)([O-])[O-].[Na+].[Na+].[Na+].[Na+].[Na+]. The summed E-state index contributed by atoms with van der Waals surface area (Å²) in [5.74, 6) is -0.202. The summed E-state index contributed by atoms with van der Waals surface area (Å²) in [7, 11) is -17.9. The number of nitrogens with two attached hydrogens (primary N) is 2. The van der Waals surface area contributed by atoms with Crippen molar-refractivity contribution in [1.82, 2.24) is 39.0 Å². The summed E-state index contributed by atoms with van der Waals surface area (Å²) in [5, 5.41) is 57.5. The van der Waals surface area contributed by atoms with Gasteiger partial charge in [0.1, 0.15) is 36.6 Å². The van der Waals surface area contributed by atoms with Crippen molar-refractivity contribution in [1.29, 1.82) is 0 Å². The third-order valence-corrected chi connectivity index (χ3v) is 10.1. The zero-order valence-corrected chi connectivity index (χ0v) is 43.4. The van der Waals surface area contributed by atoms with Crippen molar-refractivity contribution in [2.45, 2.75) is 49.1 Å². The second-order valence-corrected chi connectivity index (χ2v) is 14.5. The van der Waals surface area contributed by atoms with Crippen LogP contribution in [0.4, 0.5) is 11.9 Å². The van der Waals surface area contributed by atoms with E-state index in [1.807, 2.05) is 0 Å². The topological polar surface area (TPSA) is 504 Å². The number of phosphoric acid groups is 3. The smallest absolute Gasteiger partial charge is 0.790 e. The molecular formula is C20H26N10Na5O20P3. The fourth-order valence-electron chi connectivity index (χ4n) is 4.74. The Morgan fingerprint density at radius 3 is 1.22 bits per heavy atom. The Hall–Kier alpha value is 1.39. The van der Waals surface area contributed by atoms with E-state index in [-0.39, 0.29) is 182 Å².